The van der Waals surface area contributed by atoms with Crippen molar-refractivity contribution < 1.29 is 0 Å². The molecule has 2 rings (SSSR count). The Balaban J connectivity index is 2.60. The molecule has 2 unspecified atom stereocenters. The van der Waals surface area contributed by atoms with E-state index in [2.05, 4.69) is 30.4 Å². The van der Waals surface area contributed by atoms with Gasteiger partial charge in [-0.15, -0.1) is 11.6 Å². The first-order valence-electron chi connectivity index (χ1n) is 7.18. The number of nitrogens with zero attached hydrogens (tertiary/aromatic N) is 4. The zero-order valence-electron chi connectivity index (χ0n) is 12.9. The van der Waals surface area contributed by atoms with Crippen LogP contribution in [0.15, 0.2) is 0 Å². The van der Waals surface area contributed by atoms with Crippen LogP contribution in [-0.2, 0) is 6.54 Å². The molecule has 112 valence electrons. The summed E-state index contributed by atoms with van der Waals surface area (Å²) in [5.41, 5.74) is 3.08. The molecular weight excluding hydrogens is 292 g/mol. The first-order chi connectivity index (χ1) is 9.51. The van der Waals surface area contributed by atoms with E-state index in [4.69, 9.17) is 16.6 Å². The molecule has 0 fully saturated rings. The van der Waals surface area contributed by atoms with Crippen molar-refractivity contribution in [1.29, 1.82) is 0 Å². The molecule has 0 aromatic carbocycles. The van der Waals surface area contributed by atoms with Gasteiger partial charge in [0, 0.05) is 18.3 Å². The lowest BCUT2D eigenvalue weighted by Crippen LogP contribution is -2.15. The fourth-order valence-electron chi connectivity index (χ4n) is 2.50. The van der Waals surface area contributed by atoms with E-state index in [1.54, 1.807) is 0 Å². The lowest BCUT2D eigenvalue weighted by atomic mass is 10.3. The van der Waals surface area contributed by atoms with E-state index in [-0.39, 0.29) is 5.38 Å². The van der Waals surface area contributed by atoms with Crippen molar-refractivity contribution in [2.75, 3.05) is 11.5 Å². The van der Waals surface area contributed by atoms with Gasteiger partial charge in [0.25, 0.3) is 0 Å². The number of thioether (sulfide) groups is 1. The van der Waals surface area contributed by atoms with Gasteiger partial charge < -0.3 is 4.57 Å². The van der Waals surface area contributed by atoms with Crippen LogP contribution in [0.25, 0.3) is 11.2 Å². The van der Waals surface area contributed by atoms with Crippen LogP contribution in [0.5, 0.6) is 0 Å². The summed E-state index contributed by atoms with van der Waals surface area (Å²) in [6.45, 7) is 11.4. The Hall–Kier alpha value is -0.680. The highest BCUT2D eigenvalue weighted by Gasteiger charge is 2.23. The van der Waals surface area contributed by atoms with Gasteiger partial charge in [-0.25, -0.2) is 9.67 Å². The van der Waals surface area contributed by atoms with Crippen molar-refractivity contribution >= 4 is 34.5 Å². The molecule has 0 radical (unpaired) electrons. The zero-order valence-corrected chi connectivity index (χ0v) is 14.4. The molecule has 20 heavy (non-hydrogen) atoms. The number of fused-ring (bicyclic) bond motifs is 1. The topological polar surface area (TPSA) is 35.6 Å². The third-order valence-electron chi connectivity index (χ3n) is 3.43. The minimum atomic E-state index is -0.0961. The van der Waals surface area contributed by atoms with Crippen LogP contribution in [0, 0.1) is 6.92 Å². The van der Waals surface area contributed by atoms with Gasteiger partial charge in [-0.3, -0.25) is 0 Å². The smallest absolute Gasteiger partial charge is 0.159 e. The number of hydrogen-bond donors (Lipinski definition) is 0. The molecule has 0 aliphatic rings. The van der Waals surface area contributed by atoms with Crippen molar-refractivity contribution in [2.24, 2.45) is 0 Å². The monoisotopic (exact) mass is 314 g/mol. The predicted molar refractivity (Wildman–Crippen MR) is 87.9 cm³/mol. The van der Waals surface area contributed by atoms with E-state index in [9.17, 15) is 0 Å². The number of rotatable bonds is 6. The minimum Gasteiger partial charge on any atom is -0.308 e. The summed E-state index contributed by atoms with van der Waals surface area (Å²) in [4.78, 5) is 4.75. The summed E-state index contributed by atoms with van der Waals surface area (Å²) >= 11 is 8.29. The maximum Gasteiger partial charge on any atom is 0.159 e. The molecule has 0 saturated heterocycles. The van der Waals surface area contributed by atoms with Crippen LogP contribution in [0.3, 0.4) is 0 Å². The molecule has 0 aliphatic heterocycles. The molecular formula is C14H23ClN4S. The number of hydrogen-bond acceptors (Lipinski definition) is 3. The number of alkyl halides is 1. The highest BCUT2D eigenvalue weighted by Crippen LogP contribution is 2.30. The third kappa shape index (κ3) is 2.70. The summed E-state index contributed by atoms with van der Waals surface area (Å²) in [5.74, 6) is 3.14. The van der Waals surface area contributed by atoms with Crippen LogP contribution in [-0.4, -0.2) is 30.8 Å². The fourth-order valence-corrected chi connectivity index (χ4v) is 3.38. The van der Waals surface area contributed by atoms with Crippen LogP contribution in [0.1, 0.15) is 50.6 Å². The zero-order chi connectivity index (χ0) is 14.9. The first kappa shape index (κ1) is 15.7. The van der Waals surface area contributed by atoms with Gasteiger partial charge in [0.05, 0.1) is 11.1 Å². The van der Waals surface area contributed by atoms with Gasteiger partial charge in [-0.1, -0.05) is 6.92 Å². The van der Waals surface area contributed by atoms with E-state index in [1.165, 1.54) is 0 Å². The summed E-state index contributed by atoms with van der Waals surface area (Å²) < 4.78 is 4.31. The molecule has 0 bridgehead atoms. The van der Waals surface area contributed by atoms with E-state index >= 15 is 0 Å². The van der Waals surface area contributed by atoms with E-state index in [0.29, 0.717) is 6.04 Å². The molecule has 0 N–H and O–H groups in total. The maximum absolute atomic E-state index is 6.34. The van der Waals surface area contributed by atoms with Crippen molar-refractivity contribution in [2.45, 2.75) is 52.6 Å². The number of imidazole rings is 1. The maximum atomic E-state index is 6.34. The van der Waals surface area contributed by atoms with Gasteiger partial charge in [-0.2, -0.15) is 16.9 Å². The van der Waals surface area contributed by atoms with Gasteiger partial charge in [-0.05, 0) is 33.4 Å². The molecule has 0 spiro atoms. The molecule has 2 aromatic heterocycles. The van der Waals surface area contributed by atoms with Crippen LogP contribution < -0.4 is 0 Å². The molecule has 4 nitrogen and oxygen atoms in total. The molecule has 2 atom stereocenters. The summed E-state index contributed by atoms with van der Waals surface area (Å²) in [6.07, 6.45) is 0. The lowest BCUT2D eigenvalue weighted by Gasteiger charge is -2.18. The first-order valence-corrected chi connectivity index (χ1v) is 8.77. The number of aryl methyl sites for hydroxylation is 2. The second-order valence-electron chi connectivity index (χ2n) is 5.04. The number of halogens is 1. The molecule has 2 heterocycles. The normalized spacial score (nSPS) is 14.9. The van der Waals surface area contributed by atoms with E-state index in [1.807, 2.05) is 30.3 Å². The lowest BCUT2D eigenvalue weighted by molar-refractivity contribution is 0.560. The summed E-state index contributed by atoms with van der Waals surface area (Å²) in [7, 11) is 0. The Morgan fingerprint density at radius 2 is 2.00 bits per heavy atom. The Labute approximate surface area is 129 Å². The highest BCUT2D eigenvalue weighted by atomic mass is 35.5. The average molecular weight is 315 g/mol. The molecule has 0 amide bonds. The van der Waals surface area contributed by atoms with Crippen molar-refractivity contribution in [3.63, 3.8) is 0 Å². The Morgan fingerprint density at radius 3 is 2.55 bits per heavy atom. The van der Waals surface area contributed by atoms with Crippen LogP contribution in [0.2, 0.25) is 0 Å². The quantitative estimate of drug-likeness (QED) is 0.750. The van der Waals surface area contributed by atoms with Gasteiger partial charge in [0.15, 0.2) is 5.65 Å². The average Bonchev–Trinajstić information content (AvgIpc) is 2.94. The van der Waals surface area contributed by atoms with Crippen molar-refractivity contribution in [1.82, 2.24) is 19.3 Å². The van der Waals surface area contributed by atoms with Gasteiger partial charge in [0.2, 0.25) is 0 Å². The molecule has 2 aromatic rings. The second-order valence-corrected chi connectivity index (χ2v) is 7.01. The Morgan fingerprint density at radius 1 is 1.30 bits per heavy atom. The predicted octanol–water partition coefficient (Wildman–Crippen LogP) is 4.18. The fraction of sp³-hybridized carbons (Fsp3) is 0.714. The standard InChI is InChI=1S/C14H23ClN4S/c1-6-18-14-12(11(5)17-18)16-13(10(4)15)19(14)9(3)8-20-7-2/h9-10H,6-8H2,1-5H3. The largest absolute Gasteiger partial charge is 0.308 e. The summed E-state index contributed by atoms with van der Waals surface area (Å²) in [5, 5.41) is 4.48. The van der Waals surface area contributed by atoms with Crippen molar-refractivity contribution in [3.8, 4) is 0 Å². The van der Waals surface area contributed by atoms with Crippen LogP contribution >= 0.6 is 23.4 Å². The van der Waals surface area contributed by atoms with E-state index in [0.717, 1.165) is 40.7 Å². The van der Waals surface area contributed by atoms with Gasteiger partial charge >= 0.3 is 0 Å². The third-order valence-corrected chi connectivity index (χ3v) is 4.75. The SMILES string of the molecule is CCSCC(C)n1c(C(C)Cl)nc2c(C)nn(CC)c21. The number of aromatic nitrogens is 4. The molecule has 0 aliphatic carbocycles. The Kier molecular flexibility index (Phi) is 5.02. The minimum absolute atomic E-state index is 0.0961. The van der Waals surface area contributed by atoms with Crippen molar-refractivity contribution in [3.05, 3.63) is 11.5 Å². The summed E-state index contributed by atoms with van der Waals surface area (Å²) in [6, 6.07) is 0.363. The van der Waals surface area contributed by atoms with Gasteiger partial charge in [0.1, 0.15) is 11.3 Å². The molecule has 6 heteroatoms. The van der Waals surface area contributed by atoms with E-state index < -0.39 is 0 Å². The highest BCUT2D eigenvalue weighted by molar-refractivity contribution is 7.99. The molecule has 0 saturated carbocycles. The van der Waals surface area contributed by atoms with Crippen LogP contribution in [0.4, 0.5) is 0 Å². The Bertz CT molecular complexity index is 588. The second kappa shape index (κ2) is 6.39.